The highest BCUT2D eigenvalue weighted by atomic mass is 35.5. The molecule has 0 bridgehead atoms. The summed E-state index contributed by atoms with van der Waals surface area (Å²) < 4.78 is 0. The predicted octanol–water partition coefficient (Wildman–Crippen LogP) is 2.30. The van der Waals surface area contributed by atoms with Crippen LogP contribution in [0.5, 0.6) is 0 Å². The highest BCUT2D eigenvalue weighted by molar-refractivity contribution is 6.31. The van der Waals surface area contributed by atoms with Crippen molar-refractivity contribution < 1.29 is 9.90 Å². The summed E-state index contributed by atoms with van der Waals surface area (Å²) in [6.45, 7) is 0. The molecule has 1 aliphatic carbocycles. The van der Waals surface area contributed by atoms with Crippen LogP contribution < -0.4 is 5.73 Å². The molecule has 1 unspecified atom stereocenters. The van der Waals surface area contributed by atoms with Crippen LogP contribution >= 0.6 is 11.6 Å². The molecule has 0 saturated heterocycles. The average molecular weight is 226 g/mol. The maximum absolute atomic E-state index is 10.7. The van der Waals surface area contributed by atoms with Crippen molar-refractivity contribution in [1.82, 2.24) is 0 Å². The normalized spacial score (nSPS) is 17.5. The van der Waals surface area contributed by atoms with Crippen LogP contribution in [0.3, 0.4) is 0 Å². The lowest BCUT2D eigenvalue weighted by atomic mass is 10.0. The minimum Gasteiger partial charge on any atom is -0.480 e. The van der Waals surface area contributed by atoms with E-state index in [4.69, 9.17) is 22.4 Å². The number of nitrogens with two attached hydrogens (primary N) is 1. The monoisotopic (exact) mass is 225 g/mol. The van der Waals surface area contributed by atoms with Gasteiger partial charge in [-0.15, -0.1) is 0 Å². The third kappa shape index (κ3) is 2.13. The summed E-state index contributed by atoms with van der Waals surface area (Å²) in [7, 11) is 0. The van der Waals surface area contributed by atoms with Crippen molar-refractivity contribution in [3.05, 3.63) is 34.3 Å². The fourth-order valence-corrected chi connectivity index (χ4v) is 1.95. The highest BCUT2D eigenvalue weighted by Gasteiger charge is 2.26. The first kappa shape index (κ1) is 10.5. The number of rotatable bonds is 3. The number of carbonyl (C=O) groups is 1. The summed E-state index contributed by atoms with van der Waals surface area (Å²) in [5, 5.41) is 9.38. The van der Waals surface area contributed by atoms with Crippen LogP contribution in [-0.4, -0.2) is 11.1 Å². The third-order valence-corrected chi connectivity index (χ3v) is 2.99. The van der Waals surface area contributed by atoms with Crippen molar-refractivity contribution in [2.45, 2.75) is 24.8 Å². The molecule has 2 rings (SSSR count). The summed E-state index contributed by atoms with van der Waals surface area (Å²) in [5.74, 6) is -0.474. The van der Waals surface area contributed by atoms with E-state index in [0.29, 0.717) is 16.5 Å². The van der Waals surface area contributed by atoms with Crippen molar-refractivity contribution in [1.29, 1.82) is 0 Å². The molecule has 3 N–H and O–H groups in total. The van der Waals surface area contributed by atoms with Crippen LogP contribution in [0.15, 0.2) is 18.2 Å². The number of hydrogen-bond donors (Lipinski definition) is 2. The molecule has 1 atom stereocenters. The lowest BCUT2D eigenvalue weighted by Crippen LogP contribution is -2.20. The summed E-state index contributed by atoms with van der Waals surface area (Å²) in [6.07, 6.45) is 2.34. The van der Waals surface area contributed by atoms with Crippen molar-refractivity contribution in [3.8, 4) is 0 Å². The Morgan fingerprint density at radius 2 is 2.20 bits per heavy atom. The van der Waals surface area contributed by atoms with E-state index in [0.717, 1.165) is 5.56 Å². The topological polar surface area (TPSA) is 63.3 Å². The average Bonchev–Trinajstić information content (AvgIpc) is 3.00. The van der Waals surface area contributed by atoms with Gasteiger partial charge in [-0.3, -0.25) is 4.79 Å². The Morgan fingerprint density at radius 3 is 2.67 bits per heavy atom. The molecule has 1 fully saturated rings. The minimum atomic E-state index is -1.04. The Hall–Kier alpha value is -1.06. The van der Waals surface area contributed by atoms with E-state index in [9.17, 15) is 4.79 Å². The molecular formula is C11H12ClNO2. The lowest BCUT2D eigenvalue weighted by Gasteiger charge is -2.09. The molecule has 0 aromatic heterocycles. The van der Waals surface area contributed by atoms with E-state index in [-0.39, 0.29) is 0 Å². The first-order valence-corrected chi connectivity index (χ1v) is 5.25. The molecular weight excluding hydrogens is 214 g/mol. The van der Waals surface area contributed by atoms with Gasteiger partial charge in [0.05, 0.1) is 0 Å². The zero-order chi connectivity index (χ0) is 11.0. The molecule has 1 aliphatic rings. The van der Waals surface area contributed by atoms with Crippen molar-refractivity contribution >= 4 is 17.6 Å². The zero-order valence-corrected chi connectivity index (χ0v) is 8.87. The highest BCUT2D eigenvalue weighted by Crippen LogP contribution is 2.43. The third-order valence-electron chi connectivity index (χ3n) is 2.67. The van der Waals surface area contributed by atoms with Crippen molar-refractivity contribution in [2.75, 3.05) is 0 Å². The van der Waals surface area contributed by atoms with E-state index in [1.54, 1.807) is 12.1 Å². The van der Waals surface area contributed by atoms with Crippen LogP contribution in [0, 0.1) is 0 Å². The number of hydrogen-bond acceptors (Lipinski definition) is 2. The molecule has 80 valence electrons. The van der Waals surface area contributed by atoms with Crippen LogP contribution in [0.1, 0.15) is 35.9 Å². The standard InChI is InChI=1S/C11H12ClNO2/c12-9-5-7(10(13)11(14)15)3-4-8(9)6-1-2-6/h3-6,10H,1-2,13H2,(H,14,15). The maximum Gasteiger partial charge on any atom is 0.325 e. The Labute approximate surface area is 92.8 Å². The fraction of sp³-hybridized carbons (Fsp3) is 0.364. The molecule has 0 radical (unpaired) electrons. The van der Waals surface area contributed by atoms with E-state index >= 15 is 0 Å². The Morgan fingerprint density at radius 1 is 1.53 bits per heavy atom. The summed E-state index contributed by atoms with van der Waals surface area (Å²) in [4.78, 5) is 10.7. The van der Waals surface area contributed by atoms with Gasteiger partial charge < -0.3 is 10.8 Å². The van der Waals surface area contributed by atoms with E-state index < -0.39 is 12.0 Å². The molecule has 1 aromatic carbocycles. The van der Waals surface area contributed by atoms with Gasteiger partial charge in [0.1, 0.15) is 6.04 Å². The summed E-state index contributed by atoms with van der Waals surface area (Å²) >= 11 is 6.06. The van der Waals surface area contributed by atoms with Gasteiger partial charge in [-0.05, 0) is 36.0 Å². The molecule has 0 spiro atoms. The van der Waals surface area contributed by atoms with Gasteiger partial charge in [0.2, 0.25) is 0 Å². The number of halogens is 1. The molecule has 1 aromatic rings. The van der Waals surface area contributed by atoms with Crippen LogP contribution in [0.25, 0.3) is 0 Å². The molecule has 0 amide bonds. The quantitative estimate of drug-likeness (QED) is 0.830. The fourth-order valence-electron chi connectivity index (χ4n) is 1.60. The first-order valence-electron chi connectivity index (χ1n) is 4.87. The van der Waals surface area contributed by atoms with Gasteiger partial charge in [-0.2, -0.15) is 0 Å². The van der Waals surface area contributed by atoms with E-state index in [1.165, 1.54) is 12.8 Å². The SMILES string of the molecule is NC(C(=O)O)c1ccc(C2CC2)c(Cl)c1. The van der Waals surface area contributed by atoms with Crippen LogP contribution in [-0.2, 0) is 4.79 Å². The minimum absolute atomic E-state index is 0.553. The van der Waals surface area contributed by atoms with Crippen molar-refractivity contribution in [2.24, 2.45) is 5.73 Å². The molecule has 15 heavy (non-hydrogen) atoms. The number of carboxylic acids is 1. The lowest BCUT2D eigenvalue weighted by molar-refractivity contribution is -0.138. The predicted molar refractivity (Wildman–Crippen MR) is 58.0 cm³/mol. The molecule has 0 aliphatic heterocycles. The van der Waals surface area contributed by atoms with E-state index in [2.05, 4.69) is 0 Å². The second kappa shape index (κ2) is 3.83. The largest absolute Gasteiger partial charge is 0.480 e. The van der Waals surface area contributed by atoms with E-state index in [1.807, 2.05) is 6.07 Å². The zero-order valence-electron chi connectivity index (χ0n) is 8.11. The maximum atomic E-state index is 10.7. The Kier molecular flexibility index (Phi) is 2.67. The first-order chi connectivity index (χ1) is 7.09. The summed E-state index contributed by atoms with van der Waals surface area (Å²) in [6, 6.07) is 4.31. The second-order valence-corrected chi connectivity index (χ2v) is 4.28. The molecule has 0 heterocycles. The molecule has 1 saturated carbocycles. The molecule has 3 nitrogen and oxygen atoms in total. The van der Waals surface area contributed by atoms with Gasteiger partial charge in [-0.1, -0.05) is 23.7 Å². The summed E-state index contributed by atoms with van der Waals surface area (Å²) in [5.41, 5.74) is 7.15. The number of carboxylic acid groups (broad SMARTS) is 1. The van der Waals surface area contributed by atoms with Gasteiger partial charge in [0, 0.05) is 5.02 Å². The number of benzene rings is 1. The molecule has 4 heteroatoms. The van der Waals surface area contributed by atoms with Gasteiger partial charge in [0.15, 0.2) is 0 Å². The van der Waals surface area contributed by atoms with Gasteiger partial charge in [0.25, 0.3) is 0 Å². The van der Waals surface area contributed by atoms with Crippen LogP contribution in [0.2, 0.25) is 5.02 Å². The Balaban J connectivity index is 2.28. The Bertz CT molecular complexity index is 402. The smallest absolute Gasteiger partial charge is 0.325 e. The van der Waals surface area contributed by atoms with Crippen molar-refractivity contribution in [3.63, 3.8) is 0 Å². The van der Waals surface area contributed by atoms with Gasteiger partial charge in [-0.25, -0.2) is 0 Å². The second-order valence-electron chi connectivity index (χ2n) is 3.87. The number of aliphatic carboxylic acids is 1. The van der Waals surface area contributed by atoms with Crippen LogP contribution in [0.4, 0.5) is 0 Å². The van der Waals surface area contributed by atoms with Gasteiger partial charge >= 0.3 is 5.97 Å².